The number of halogens is 2. The summed E-state index contributed by atoms with van der Waals surface area (Å²) in [5.74, 6) is 0.0565. The molecule has 0 fully saturated rings. The standard InChI is InChI=1S/C15H15Cl2N3/c1-20(9-11-7-12(16)5-6-14(11)17)13-4-2-3-10(8-13)15(18)19/h2-8H,9H2,1H3,(H3,18,19). The van der Waals surface area contributed by atoms with Crippen LogP contribution in [0.15, 0.2) is 42.5 Å². The Morgan fingerprint density at radius 1 is 1.20 bits per heavy atom. The van der Waals surface area contributed by atoms with Crippen LogP contribution in [0.4, 0.5) is 5.69 Å². The normalized spacial score (nSPS) is 10.3. The first-order valence-electron chi connectivity index (χ1n) is 6.07. The van der Waals surface area contributed by atoms with Crippen LogP contribution in [0.25, 0.3) is 0 Å². The quantitative estimate of drug-likeness (QED) is 0.664. The van der Waals surface area contributed by atoms with Crippen LogP contribution in [-0.4, -0.2) is 12.9 Å². The molecule has 0 bridgehead atoms. The second-order valence-electron chi connectivity index (χ2n) is 4.56. The van der Waals surface area contributed by atoms with Gasteiger partial charge in [0.25, 0.3) is 0 Å². The lowest BCUT2D eigenvalue weighted by atomic mass is 10.1. The summed E-state index contributed by atoms with van der Waals surface area (Å²) in [5.41, 5.74) is 8.13. The van der Waals surface area contributed by atoms with Gasteiger partial charge in [0.1, 0.15) is 5.84 Å². The number of anilines is 1. The van der Waals surface area contributed by atoms with E-state index in [1.54, 1.807) is 12.1 Å². The maximum atomic E-state index is 7.48. The molecule has 2 aromatic rings. The largest absolute Gasteiger partial charge is 0.384 e. The van der Waals surface area contributed by atoms with Gasteiger partial charge in [0, 0.05) is 34.9 Å². The molecular formula is C15H15Cl2N3. The predicted octanol–water partition coefficient (Wildman–Crippen LogP) is 3.91. The van der Waals surface area contributed by atoms with Gasteiger partial charge in [-0.15, -0.1) is 0 Å². The Hall–Kier alpha value is -1.71. The van der Waals surface area contributed by atoms with Gasteiger partial charge < -0.3 is 10.6 Å². The fraction of sp³-hybridized carbons (Fsp3) is 0.133. The van der Waals surface area contributed by atoms with E-state index in [1.165, 1.54) is 0 Å². The van der Waals surface area contributed by atoms with Crippen molar-refractivity contribution < 1.29 is 0 Å². The molecule has 104 valence electrons. The lowest BCUT2D eigenvalue weighted by Gasteiger charge is -2.21. The molecule has 0 aromatic heterocycles. The summed E-state index contributed by atoms with van der Waals surface area (Å²) in [5, 5.41) is 8.82. The Morgan fingerprint density at radius 3 is 2.65 bits per heavy atom. The predicted molar refractivity (Wildman–Crippen MR) is 86.0 cm³/mol. The molecule has 0 aliphatic rings. The number of nitrogen functional groups attached to an aromatic ring is 1. The van der Waals surface area contributed by atoms with Crippen molar-refractivity contribution in [2.24, 2.45) is 5.73 Å². The molecule has 0 saturated carbocycles. The lowest BCUT2D eigenvalue weighted by molar-refractivity contribution is 0.923. The van der Waals surface area contributed by atoms with E-state index in [9.17, 15) is 0 Å². The van der Waals surface area contributed by atoms with Crippen LogP contribution in [0.2, 0.25) is 10.0 Å². The molecule has 2 rings (SSSR count). The van der Waals surface area contributed by atoms with E-state index in [2.05, 4.69) is 0 Å². The Labute approximate surface area is 128 Å². The molecule has 0 spiro atoms. The van der Waals surface area contributed by atoms with Crippen LogP contribution >= 0.6 is 23.2 Å². The average molecular weight is 308 g/mol. The molecule has 0 unspecified atom stereocenters. The minimum Gasteiger partial charge on any atom is -0.384 e. The summed E-state index contributed by atoms with van der Waals surface area (Å²) in [6, 6.07) is 12.9. The van der Waals surface area contributed by atoms with Crippen LogP contribution in [0.5, 0.6) is 0 Å². The molecule has 0 aliphatic heterocycles. The third-order valence-electron chi connectivity index (χ3n) is 3.01. The number of nitrogens with zero attached hydrogens (tertiary/aromatic N) is 1. The topological polar surface area (TPSA) is 53.1 Å². The highest BCUT2D eigenvalue weighted by molar-refractivity contribution is 6.33. The highest BCUT2D eigenvalue weighted by Crippen LogP contribution is 2.24. The van der Waals surface area contributed by atoms with Crippen LogP contribution in [0.1, 0.15) is 11.1 Å². The summed E-state index contributed by atoms with van der Waals surface area (Å²) < 4.78 is 0. The van der Waals surface area contributed by atoms with Gasteiger partial charge in [-0.25, -0.2) is 0 Å². The molecule has 2 aromatic carbocycles. The van der Waals surface area contributed by atoms with Gasteiger partial charge in [-0.1, -0.05) is 35.3 Å². The van der Waals surface area contributed by atoms with E-state index in [0.717, 1.165) is 11.3 Å². The van der Waals surface area contributed by atoms with Crippen molar-refractivity contribution in [3.8, 4) is 0 Å². The van der Waals surface area contributed by atoms with E-state index < -0.39 is 0 Å². The van der Waals surface area contributed by atoms with Crippen molar-refractivity contribution in [2.45, 2.75) is 6.54 Å². The van der Waals surface area contributed by atoms with Crippen molar-refractivity contribution in [2.75, 3.05) is 11.9 Å². The zero-order valence-corrected chi connectivity index (χ0v) is 12.5. The van der Waals surface area contributed by atoms with Gasteiger partial charge in [0.2, 0.25) is 0 Å². The number of rotatable bonds is 4. The van der Waals surface area contributed by atoms with Gasteiger partial charge in [-0.3, -0.25) is 5.41 Å². The van der Waals surface area contributed by atoms with Crippen LogP contribution in [-0.2, 0) is 6.54 Å². The maximum Gasteiger partial charge on any atom is 0.122 e. The molecule has 0 heterocycles. The van der Waals surface area contributed by atoms with Crippen LogP contribution in [0.3, 0.4) is 0 Å². The van der Waals surface area contributed by atoms with Crippen LogP contribution in [0, 0.1) is 5.41 Å². The smallest absolute Gasteiger partial charge is 0.122 e. The number of amidine groups is 1. The lowest BCUT2D eigenvalue weighted by Crippen LogP contribution is -2.18. The van der Waals surface area contributed by atoms with Crippen molar-refractivity contribution in [1.82, 2.24) is 0 Å². The second kappa shape index (κ2) is 6.16. The summed E-state index contributed by atoms with van der Waals surface area (Å²) in [7, 11) is 1.95. The summed E-state index contributed by atoms with van der Waals surface area (Å²) >= 11 is 12.2. The molecule has 0 atom stereocenters. The Morgan fingerprint density at radius 2 is 1.95 bits per heavy atom. The Bertz CT molecular complexity index is 641. The highest BCUT2D eigenvalue weighted by Gasteiger charge is 2.07. The Balaban J connectivity index is 2.23. The number of nitrogens with one attached hydrogen (secondary N) is 1. The van der Waals surface area contributed by atoms with Crippen LogP contribution < -0.4 is 10.6 Å². The number of hydrogen-bond acceptors (Lipinski definition) is 2. The molecular weight excluding hydrogens is 293 g/mol. The van der Waals surface area contributed by atoms with Crippen molar-refractivity contribution in [3.05, 3.63) is 63.6 Å². The van der Waals surface area contributed by atoms with E-state index >= 15 is 0 Å². The van der Waals surface area contributed by atoms with Gasteiger partial charge in [0.15, 0.2) is 0 Å². The maximum absolute atomic E-state index is 7.48. The highest BCUT2D eigenvalue weighted by atomic mass is 35.5. The van der Waals surface area contributed by atoms with Gasteiger partial charge in [-0.2, -0.15) is 0 Å². The Kier molecular flexibility index (Phi) is 4.53. The van der Waals surface area contributed by atoms with Gasteiger partial charge in [-0.05, 0) is 35.9 Å². The van der Waals surface area contributed by atoms with Crippen molar-refractivity contribution in [3.63, 3.8) is 0 Å². The second-order valence-corrected chi connectivity index (χ2v) is 5.40. The minimum absolute atomic E-state index is 0.0565. The van der Waals surface area contributed by atoms with E-state index in [1.807, 2.05) is 42.3 Å². The monoisotopic (exact) mass is 307 g/mol. The van der Waals surface area contributed by atoms with E-state index in [0.29, 0.717) is 22.2 Å². The molecule has 3 nitrogen and oxygen atoms in total. The average Bonchev–Trinajstić information content (AvgIpc) is 2.43. The molecule has 0 aliphatic carbocycles. The van der Waals surface area contributed by atoms with Gasteiger partial charge in [0.05, 0.1) is 0 Å². The first-order valence-corrected chi connectivity index (χ1v) is 6.82. The summed E-state index contributed by atoms with van der Waals surface area (Å²) in [4.78, 5) is 2.03. The van der Waals surface area contributed by atoms with Gasteiger partial charge >= 0.3 is 0 Å². The molecule has 3 N–H and O–H groups in total. The SMILES string of the molecule is CN(Cc1cc(Cl)ccc1Cl)c1cccc(C(=N)N)c1. The summed E-state index contributed by atoms with van der Waals surface area (Å²) in [6.45, 7) is 0.626. The molecule has 20 heavy (non-hydrogen) atoms. The van der Waals surface area contributed by atoms with E-state index in [-0.39, 0.29) is 5.84 Å². The van der Waals surface area contributed by atoms with E-state index in [4.69, 9.17) is 34.3 Å². The zero-order valence-electron chi connectivity index (χ0n) is 11.0. The first kappa shape index (κ1) is 14.7. The molecule has 0 saturated heterocycles. The van der Waals surface area contributed by atoms with Crippen molar-refractivity contribution >= 4 is 34.7 Å². The molecule has 0 radical (unpaired) electrons. The first-order chi connectivity index (χ1) is 9.47. The third kappa shape index (κ3) is 3.44. The zero-order chi connectivity index (χ0) is 14.7. The number of hydrogen-bond donors (Lipinski definition) is 2. The fourth-order valence-electron chi connectivity index (χ4n) is 1.92. The minimum atomic E-state index is 0.0565. The van der Waals surface area contributed by atoms with Crippen molar-refractivity contribution in [1.29, 1.82) is 5.41 Å². The molecule has 5 heteroatoms. The third-order valence-corrected chi connectivity index (χ3v) is 3.62. The molecule has 0 amide bonds. The summed E-state index contributed by atoms with van der Waals surface area (Å²) in [6.07, 6.45) is 0. The fourth-order valence-corrected chi connectivity index (χ4v) is 2.29. The number of nitrogens with two attached hydrogens (primary N) is 1. The number of benzene rings is 2.